The number of hydrogen-bond donors (Lipinski definition) is 1. The number of phenolic OH excluding ortho intramolecular Hbond substituents is 1. The molecule has 0 saturated carbocycles. The van der Waals surface area contributed by atoms with E-state index in [1.165, 1.54) is 16.7 Å². The summed E-state index contributed by atoms with van der Waals surface area (Å²) in [4.78, 5) is 0. The third kappa shape index (κ3) is 2.50. The second-order valence-corrected chi connectivity index (χ2v) is 4.78. The van der Waals surface area contributed by atoms with Crippen LogP contribution in [0.25, 0.3) is 11.1 Å². The van der Waals surface area contributed by atoms with Crippen molar-refractivity contribution < 1.29 is 5.11 Å². The topological polar surface area (TPSA) is 20.2 Å². The monoisotopic (exact) mass is 226 g/mol. The van der Waals surface area contributed by atoms with E-state index in [0.717, 1.165) is 5.56 Å². The molecule has 0 aromatic heterocycles. The molecule has 2 rings (SSSR count). The lowest BCUT2D eigenvalue weighted by Gasteiger charge is -2.10. The van der Waals surface area contributed by atoms with Crippen LogP contribution >= 0.6 is 0 Å². The van der Waals surface area contributed by atoms with Gasteiger partial charge in [0.05, 0.1) is 0 Å². The first-order chi connectivity index (χ1) is 8.08. The molecule has 0 aliphatic heterocycles. The highest BCUT2D eigenvalue weighted by atomic mass is 16.3. The van der Waals surface area contributed by atoms with Gasteiger partial charge in [-0.15, -0.1) is 0 Å². The summed E-state index contributed by atoms with van der Waals surface area (Å²) in [7, 11) is 0. The molecule has 0 aliphatic rings. The molecule has 0 spiro atoms. The Bertz CT molecular complexity index is 527. The van der Waals surface area contributed by atoms with Gasteiger partial charge in [-0.3, -0.25) is 0 Å². The molecule has 2 aromatic carbocycles. The van der Waals surface area contributed by atoms with E-state index >= 15 is 0 Å². The molecule has 0 unspecified atom stereocenters. The van der Waals surface area contributed by atoms with Crippen molar-refractivity contribution in [1.82, 2.24) is 0 Å². The molecule has 0 radical (unpaired) electrons. The van der Waals surface area contributed by atoms with Gasteiger partial charge in [-0.1, -0.05) is 44.2 Å². The smallest absolute Gasteiger partial charge is 0.116 e. The van der Waals surface area contributed by atoms with Crippen LogP contribution in [0.3, 0.4) is 0 Å². The predicted octanol–water partition coefficient (Wildman–Crippen LogP) is 4.49. The van der Waals surface area contributed by atoms with Crippen molar-refractivity contribution in [2.24, 2.45) is 0 Å². The number of phenols is 1. The van der Waals surface area contributed by atoms with E-state index in [0.29, 0.717) is 11.7 Å². The average molecular weight is 226 g/mol. The minimum absolute atomic E-state index is 0.320. The van der Waals surface area contributed by atoms with Gasteiger partial charge in [0, 0.05) is 0 Å². The molecule has 1 heteroatoms. The normalized spacial score (nSPS) is 10.8. The third-order valence-electron chi connectivity index (χ3n) is 3.09. The van der Waals surface area contributed by atoms with Gasteiger partial charge in [-0.25, -0.2) is 0 Å². The van der Waals surface area contributed by atoms with E-state index in [2.05, 4.69) is 45.0 Å². The van der Waals surface area contributed by atoms with Crippen molar-refractivity contribution in [3.63, 3.8) is 0 Å². The van der Waals surface area contributed by atoms with Crippen LogP contribution in [0.15, 0.2) is 42.5 Å². The summed E-state index contributed by atoms with van der Waals surface area (Å²) in [5.41, 5.74) is 4.78. The Kier molecular flexibility index (Phi) is 3.19. The number of hydrogen-bond acceptors (Lipinski definition) is 1. The highest BCUT2D eigenvalue weighted by Gasteiger charge is 2.05. The van der Waals surface area contributed by atoms with Gasteiger partial charge in [-0.05, 0) is 47.2 Å². The van der Waals surface area contributed by atoms with E-state index in [1.807, 2.05) is 12.1 Å². The minimum Gasteiger partial charge on any atom is -0.508 e. The molecule has 0 bridgehead atoms. The fourth-order valence-electron chi connectivity index (χ4n) is 1.99. The van der Waals surface area contributed by atoms with E-state index in [9.17, 15) is 5.11 Å². The SMILES string of the molecule is Cc1ccc(O)cc1-c1cccc(C(C)C)c1. The Hall–Kier alpha value is -1.76. The molecule has 0 amide bonds. The second kappa shape index (κ2) is 4.62. The van der Waals surface area contributed by atoms with Gasteiger partial charge in [0.25, 0.3) is 0 Å². The van der Waals surface area contributed by atoms with Crippen molar-refractivity contribution in [3.05, 3.63) is 53.6 Å². The van der Waals surface area contributed by atoms with Gasteiger partial charge in [-0.2, -0.15) is 0 Å². The maximum absolute atomic E-state index is 9.58. The van der Waals surface area contributed by atoms with Crippen molar-refractivity contribution in [3.8, 4) is 16.9 Å². The van der Waals surface area contributed by atoms with E-state index in [-0.39, 0.29) is 0 Å². The summed E-state index contributed by atoms with van der Waals surface area (Å²) >= 11 is 0. The van der Waals surface area contributed by atoms with E-state index in [4.69, 9.17) is 0 Å². The zero-order chi connectivity index (χ0) is 12.4. The molecule has 17 heavy (non-hydrogen) atoms. The van der Waals surface area contributed by atoms with Crippen LogP contribution in [0.4, 0.5) is 0 Å². The summed E-state index contributed by atoms with van der Waals surface area (Å²) in [5, 5.41) is 9.58. The van der Waals surface area contributed by atoms with Crippen LogP contribution < -0.4 is 0 Å². The first-order valence-electron chi connectivity index (χ1n) is 5.98. The van der Waals surface area contributed by atoms with Crippen LogP contribution in [-0.4, -0.2) is 5.11 Å². The van der Waals surface area contributed by atoms with Gasteiger partial charge < -0.3 is 5.11 Å². The Morgan fingerprint density at radius 3 is 2.47 bits per heavy atom. The summed E-state index contributed by atoms with van der Waals surface area (Å²) < 4.78 is 0. The highest BCUT2D eigenvalue weighted by Crippen LogP contribution is 2.29. The lowest BCUT2D eigenvalue weighted by Crippen LogP contribution is -1.89. The quantitative estimate of drug-likeness (QED) is 0.799. The molecule has 0 heterocycles. The van der Waals surface area contributed by atoms with Crippen LogP contribution in [0.2, 0.25) is 0 Å². The lowest BCUT2D eigenvalue weighted by atomic mass is 9.95. The Morgan fingerprint density at radius 2 is 1.76 bits per heavy atom. The van der Waals surface area contributed by atoms with Gasteiger partial charge >= 0.3 is 0 Å². The summed E-state index contributed by atoms with van der Waals surface area (Å²) in [5.74, 6) is 0.841. The number of aryl methyl sites for hydroxylation is 1. The summed E-state index contributed by atoms with van der Waals surface area (Å²) in [6.07, 6.45) is 0. The molecule has 1 N–H and O–H groups in total. The number of aromatic hydroxyl groups is 1. The average Bonchev–Trinajstić information content (AvgIpc) is 2.32. The Morgan fingerprint density at radius 1 is 1.00 bits per heavy atom. The zero-order valence-corrected chi connectivity index (χ0v) is 10.6. The van der Waals surface area contributed by atoms with Gasteiger partial charge in [0.2, 0.25) is 0 Å². The molecule has 1 nitrogen and oxygen atoms in total. The minimum atomic E-state index is 0.320. The summed E-state index contributed by atoms with van der Waals surface area (Å²) in [6.45, 7) is 6.44. The van der Waals surface area contributed by atoms with Crippen LogP contribution in [-0.2, 0) is 0 Å². The predicted molar refractivity (Wildman–Crippen MR) is 72.4 cm³/mol. The van der Waals surface area contributed by atoms with Crippen LogP contribution in [0.5, 0.6) is 5.75 Å². The lowest BCUT2D eigenvalue weighted by molar-refractivity contribution is 0.475. The first-order valence-corrected chi connectivity index (χ1v) is 5.98. The van der Waals surface area contributed by atoms with Crippen molar-refractivity contribution in [2.45, 2.75) is 26.7 Å². The Labute approximate surface area is 103 Å². The van der Waals surface area contributed by atoms with Crippen LogP contribution in [0, 0.1) is 6.92 Å². The number of rotatable bonds is 2. The molecule has 0 aliphatic carbocycles. The van der Waals surface area contributed by atoms with Crippen molar-refractivity contribution in [1.29, 1.82) is 0 Å². The molecule has 0 atom stereocenters. The summed E-state index contributed by atoms with van der Waals surface area (Å²) in [6, 6.07) is 14.0. The molecule has 2 aromatic rings. The van der Waals surface area contributed by atoms with E-state index in [1.54, 1.807) is 6.07 Å². The fraction of sp³-hybridized carbons (Fsp3) is 0.250. The molecular formula is C16H18O. The molecular weight excluding hydrogens is 208 g/mol. The van der Waals surface area contributed by atoms with Gasteiger partial charge in [0.1, 0.15) is 5.75 Å². The van der Waals surface area contributed by atoms with Gasteiger partial charge in [0.15, 0.2) is 0 Å². The second-order valence-electron chi connectivity index (χ2n) is 4.78. The maximum Gasteiger partial charge on any atom is 0.116 e. The van der Waals surface area contributed by atoms with E-state index < -0.39 is 0 Å². The number of benzene rings is 2. The third-order valence-corrected chi connectivity index (χ3v) is 3.09. The largest absolute Gasteiger partial charge is 0.508 e. The molecule has 0 fully saturated rings. The maximum atomic E-state index is 9.58. The molecule has 0 saturated heterocycles. The molecule has 88 valence electrons. The van der Waals surface area contributed by atoms with Crippen molar-refractivity contribution >= 4 is 0 Å². The zero-order valence-electron chi connectivity index (χ0n) is 10.6. The highest BCUT2D eigenvalue weighted by molar-refractivity contribution is 5.69. The first kappa shape index (κ1) is 11.7. The standard InChI is InChI=1S/C16H18O/c1-11(2)13-5-4-6-14(9-13)16-10-15(17)8-7-12(16)3/h4-11,17H,1-3H3. The van der Waals surface area contributed by atoms with Crippen LogP contribution in [0.1, 0.15) is 30.9 Å². The fourth-order valence-corrected chi connectivity index (χ4v) is 1.99. The Balaban J connectivity index is 2.52. The van der Waals surface area contributed by atoms with Crippen molar-refractivity contribution in [2.75, 3.05) is 0 Å².